The minimum Gasteiger partial charge on any atom is -0.478 e. The van der Waals surface area contributed by atoms with Gasteiger partial charge in [0, 0.05) is 13.0 Å². The molecule has 0 bridgehead atoms. The number of ether oxygens (including phenoxy) is 1. The fraction of sp³-hybridized carbons (Fsp3) is 0.385. The molecule has 0 saturated heterocycles. The van der Waals surface area contributed by atoms with Crippen molar-refractivity contribution in [3.05, 3.63) is 41.1 Å². The zero-order valence-corrected chi connectivity index (χ0v) is 11.2. The molecule has 0 unspecified atom stereocenters. The Morgan fingerprint density at radius 1 is 1.20 bits per heavy atom. The fourth-order valence-electron chi connectivity index (χ4n) is 1.68. The maximum Gasteiger partial charge on any atom is 0.253 e. The molecule has 108 valence electrons. The van der Waals surface area contributed by atoms with Crippen LogP contribution in [0, 0.1) is 11.6 Å². The summed E-state index contributed by atoms with van der Waals surface area (Å²) in [5, 5.41) is 10.3. The Hall–Kier alpha value is -2.02. The van der Waals surface area contributed by atoms with Crippen molar-refractivity contribution in [3.63, 3.8) is 0 Å². The Labute approximate surface area is 115 Å². The van der Waals surface area contributed by atoms with Crippen LogP contribution in [0.15, 0.2) is 16.5 Å². The van der Waals surface area contributed by atoms with Gasteiger partial charge in [0.15, 0.2) is 24.0 Å². The molecule has 0 aliphatic carbocycles. The number of benzene rings is 1. The summed E-state index contributed by atoms with van der Waals surface area (Å²) >= 11 is 0. The van der Waals surface area contributed by atoms with E-state index in [1.165, 1.54) is 12.1 Å². The summed E-state index contributed by atoms with van der Waals surface area (Å²) in [6, 6.07) is 2.44. The molecule has 0 saturated carbocycles. The number of rotatable bonds is 6. The van der Waals surface area contributed by atoms with Crippen LogP contribution in [0.25, 0.3) is 0 Å². The van der Waals surface area contributed by atoms with Gasteiger partial charge >= 0.3 is 0 Å². The van der Waals surface area contributed by atoms with Crippen LogP contribution >= 0.6 is 0 Å². The van der Waals surface area contributed by atoms with Gasteiger partial charge < -0.3 is 14.5 Å². The smallest absolute Gasteiger partial charge is 0.253 e. The van der Waals surface area contributed by atoms with E-state index in [4.69, 9.17) is 9.15 Å². The topological polar surface area (TPSA) is 60.2 Å². The minimum atomic E-state index is -0.759. The Morgan fingerprint density at radius 3 is 2.40 bits per heavy atom. The highest BCUT2D eigenvalue weighted by Crippen LogP contribution is 2.24. The van der Waals surface area contributed by atoms with Gasteiger partial charge in [-0.3, -0.25) is 0 Å². The number of hydrogen-bond acceptors (Lipinski definition) is 5. The molecule has 1 N–H and O–H groups in total. The average molecular weight is 283 g/mol. The predicted octanol–water partition coefficient (Wildman–Crippen LogP) is 2.21. The number of nitrogens with one attached hydrogen (secondary N) is 1. The van der Waals surface area contributed by atoms with Crippen molar-refractivity contribution in [3.8, 4) is 5.75 Å². The van der Waals surface area contributed by atoms with Crippen molar-refractivity contribution in [2.45, 2.75) is 26.5 Å². The van der Waals surface area contributed by atoms with Crippen LogP contribution in [0.4, 0.5) is 8.78 Å². The van der Waals surface area contributed by atoms with Crippen molar-refractivity contribution in [1.29, 1.82) is 0 Å². The summed E-state index contributed by atoms with van der Waals surface area (Å²) in [5.74, 6) is -1.33. The van der Waals surface area contributed by atoms with Crippen molar-refractivity contribution in [2.24, 2.45) is 0 Å². The van der Waals surface area contributed by atoms with Crippen molar-refractivity contribution in [1.82, 2.24) is 15.5 Å². The summed E-state index contributed by atoms with van der Waals surface area (Å²) in [6.07, 6.45) is 0.592. The van der Waals surface area contributed by atoms with Gasteiger partial charge in [-0.2, -0.15) is 0 Å². The molecule has 0 amide bonds. The first-order valence-corrected chi connectivity index (χ1v) is 6.20. The first-order chi connectivity index (χ1) is 9.63. The molecule has 1 heterocycles. The van der Waals surface area contributed by atoms with Crippen molar-refractivity contribution >= 4 is 0 Å². The highest BCUT2D eigenvalue weighted by Gasteiger charge is 2.14. The molecule has 0 aliphatic heterocycles. The van der Waals surface area contributed by atoms with Gasteiger partial charge in [0.1, 0.15) is 0 Å². The lowest BCUT2D eigenvalue weighted by molar-refractivity contribution is 0.237. The van der Waals surface area contributed by atoms with Crippen molar-refractivity contribution in [2.75, 3.05) is 7.05 Å². The number of halogens is 2. The van der Waals surface area contributed by atoms with E-state index in [0.29, 0.717) is 24.4 Å². The second kappa shape index (κ2) is 6.42. The standard InChI is InChI=1S/C13H15F2N3O2/c1-3-11-17-18-12(20-11)7-19-13-9(14)4-8(6-16-2)5-10(13)15/h4-5,16H,3,6-7H2,1-2H3. The van der Waals surface area contributed by atoms with E-state index in [1.54, 1.807) is 7.05 Å². The van der Waals surface area contributed by atoms with Gasteiger partial charge in [0.2, 0.25) is 5.89 Å². The third-order valence-electron chi connectivity index (χ3n) is 2.59. The number of hydrogen-bond donors (Lipinski definition) is 1. The molecule has 0 spiro atoms. The quantitative estimate of drug-likeness (QED) is 0.880. The Morgan fingerprint density at radius 2 is 1.85 bits per heavy atom. The molecule has 2 aromatic rings. The second-order valence-electron chi connectivity index (χ2n) is 4.15. The summed E-state index contributed by atoms with van der Waals surface area (Å²) in [7, 11) is 1.70. The maximum atomic E-state index is 13.7. The highest BCUT2D eigenvalue weighted by atomic mass is 19.1. The van der Waals surface area contributed by atoms with Crippen LogP contribution in [0.5, 0.6) is 5.75 Å². The lowest BCUT2D eigenvalue weighted by atomic mass is 10.2. The lowest BCUT2D eigenvalue weighted by Gasteiger charge is -2.08. The van der Waals surface area contributed by atoms with Gasteiger partial charge in [0.05, 0.1) is 0 Å². The highest BCUT2D eigenvalue weighted by molar-refractivity contribution is 5.31. The zero-order valence-electron chi connectivity index (χ0n) is 11.2. The van der Waals surface area contributed by atoms with Crippen molar-refractivity contribution < 1.29 is 17.9 Å². The van der Waals surface area contributed by atoms with Crippen LogP contribution in [-0.2, 0) is 19.6 Å². The molecule has 0 aliphatic rings. The second-order valence-corrected chi connectivity index (χ2v) is 4.15. The van der Waals surface area contributed by atoms with E-state index < -0.39 is 17.4 Å². The lowest BCUT2D eigenvalue weighted by Crippen LogP contribution is -2.07. The van der Waals surface area contributed by atoms with Crippen LogP contribution < -0.4 is 10.1 Å². The molecule has 5 nitrogen and oxygen atoms in total. The molecule has 1 aromatic carbocycles. The van der Waals surface area contributed by atoms with Gasteiger partial charge in [-0.15, -0.1) is 10.2 Å². The number of nitrogens with zero attached hydrogens (tertiary/aromatic N) is 2. The van der Waals surface area contributed by atoms with E-state index in [0.717, 1.165) is 0 Å². The first kappa shape index (κ1) is 14.4. The summed E-state index contributed by atoms with van der Waals surface area (Å²) in [5.41, 5.74) is 0.501. The van der Waals surface area contributed by atoms with Gasteiger partial charge in [-0.25, -0.2) is 8.78 Å². The largest absolute Gasteiger partial charge is 0.478 e. The molecule has 1 aromatic heterocycles. The van der Waals surface area contributed by atoms with E-state index in [2.05, 4.69) is 15.5 Å². The van der Waals surface area contributed by atoms with Crippen LogP contribution in [0.3, 0.4) is 0 Å². The Balaban J connectivity index is 2.09. The number of aryl methyl sites for hydroxylation is 1. The third-order valence-corrected chi connectivity index (χ3v) is 2.59. The minimum absolute atomic E-state index is 0.174. The Bertz CT molecular complexity index is 564. The van der Waals surface area contributed by atoms with Crippen LogP contribution in [0.2, 0.25) is 0 Å². The fourth-order valence-corrected chi connectivity index (χ4v) is 1.68. The molecule has 0 fully saturated rings. The third kappa shape index (κ3) is 3.30. The maximum absolute atomic E-state index is 13.7. The average Bonchev–Trinajstić information content (AvgIpc) is 2.86. The SMILES string of the molecule is CCc1nnc(COc2c(F)cc(CNC)cc2F)o1. The molecular weight excluding hydrogens is 268 g/mol. The molecule has 20 heavy (non-hydrogen) atoms. The van der Waals surface area contributed by atoms with Gasteiger partial charge in [-0.1, -0.05) is 6.92 Å². The molecule has 2 rings (SSSR count). The van der Waals surface area contributed by atoms with E-state index >= 15 is 0 Å². The summed E-state index contributed by atoms with van der Waals surface area (Å²) in [6.45, 7) is 2.06. The molecular formula is C13H15F2N3O2. The predicted molar refractivity (Wildman–Crippen MR) is 67.1 cm³/mol. The van der Waals surface area contributed by atoms with Gasteiger partial charge in [-0.05, 0) is 24.7 Å². The molecule has 7 heteroatoms. The van der Waals surface area contributed by atoms with Gasteiger partial charge in [0.25, 0.3) is 5.89 Å². The first-order valence-electron chi connectivity index (χ1n) is 6.20. The normalized spacial score (nSPS) is 10.8. The zero-order chi connectivity index (χ0) is 14.5. The van der Waals surface area contributed by atoms with E-state index in [1.807, 2.05) is 6.92 Å². The van der Waals surface area contributed by atoms with E-state index in [9.17, 15) is 8.78 Å². The summed E-state index contributed by atoms with van der Waals surface area (Å²) in [4.78, 5) is 0. The number of aromatic nitrogens is 2. The Kier molecular flexibility index (Phi) is 4.62. The summed E-state index contributed by atoms with van der Waals surface area (Å²) < 4.78 is 37.8. The monoisotopic (exact) mass is 283 g/mol. The van der Waals surface area contributed by atoms with E-state index in [-0.39, 0.29) is 12.5 Å². The molecule has 0 radical (unpaired) electrons. The van der Waals surface area contributed by atoms with Crippen LogP contribution in [-0.4, -0.2) is 17.2 Å². The molecule has 0 atom stereocenters. The van der Waals surface area contributed by atoms with Crippen LogP contribution in [0.1, 0.15) is 24.3 Å².